The number of urea groups is 1. The molecule has 1 aliphatic rings. The quantitative estimate of drug-likeness (QED) is 0.463. The van der Waals surface area contributed by atoms with Crippen LogP contribution in [0.4, 0.5) is 4.79 Å². The highest BCUT2D eigenvalue weighted by Crippen LogP contribution is 2.18. The fourth-order valence-electron chi connectivity index (χ4n) is 2.02. The minimum atomic E-state index is -1.36. The van der Waals surface area contributed by atoms with Gasteiger partial charge in [-0.3, -0.25) is 0 Å². The van der Waals surface area contributed by atoms with E-state index < -0.39 is 30.3 Å². The number of hydrogen-bond acceptors (Lipinski definition) is 4. The van der Waals surface area contributed by atoms with Crippen molar-refractivity contribution in [2.75, 3.05) is 0 Å². The van der Waals surface area contributed by atoms with Crippen molar-refractivity contribution in [3.8, 4) is 0 Å². The zero-order valence-corrected chi connectivity index (χ0v) is 10.3. The Bertz CT molecular complexity index is 308. The van der Waals surface area contributed by atoms with Crippen molar-refractivity contribution in [3.63, 3.8) is 0 Å². The Morgan fingerprint density at radius 1 is 1.28 bits per heavy atom. The number of hydrogen-bond donors (Lipinski definition) is 5. The van der Waals surface area contributed by atoms with Crippen LogP contribution in [-0.2, 0) is 4.79 Å². The number of rotatable bonds is 4. The van der Waals surface area contributed by atoms with Gasteiger partial charge < -0.3 is 26.0 Å². The van der Waals surface area contributed by atoms with Crippen LogP contribution in [-0.4, -0.2) is 51.6 Å². The summed E-state index contributed by atoms with van der Waals surface area (Å²) in [5.74, 6) is -1.30. The van der Waals surface area contributed by atoms with Gasteiger partial charge >= 0.3 is 12.0 Å². The third-order valence-corrected chi connectivity index (χ3v) is 3.08. The Labute approximate surface area is 105 Å². The second kappa shape index (κ2) is 6.55. The zero-order valence-electron chi connectivity index (χ0n) is 10.3. The predicted molar refractivity (Wildman–Crippen MR) is 63.0 cm³/mol. The summed E-state index contributed by atoms with van der Waals surface area (Å²) in [6.45, 7) is 1.29. The molecular formula is C11H20N2O5. The van der Waals surface area contributed by atoms with Crippen LogP contribution in [0.2, 0.25) is 0 Å². The lowest BCUT2D eigenvalue weighted by molar-refractivity contribution is -0.141. The van der Waals surface area contributed by atoms with Crippen LogP contribution in [0.15, 0.2) is 0 Å². The molecule has 18 heavy (non-hydrogen) atoms. The van der Waals surface area contributed by atoms with E-state index in [-0.39, 0.29) is 6.04 Å². The summed E-state index contributed by atoms with van der Waals surface area (Å²) in [7, 11) is 0. The lowest BCUT2D eigenvalue weighted by atomic mass is 9.93. The number of carbonyl (C=O) groups excluding carboxylic acids is 1. The Hall–Kier alpha value is -1.34. The number of aliphatic carboxylic acids is 1. The zero-order chi connectivity index (χ0) is 13.7. The highest BCUT2D eigenvalue weighted by atomic mass is 16.4. The molecule has 0 heterocycles. The summed E-state index contributed by atoms with van der Waals surface area (Å²) in [5, 5.41) is 32.4. The average molecular weight is 260 g/mol. The fraction of sp³-hybridized carbons (Fsp3) is 0.818. The predicted octanol–water partition coefficient (Wildman–Crippen LogP) is -0.577. The Morgan fingerprint density at radius 2 is 1.89 bits per heavy atom. The molecule has 4 unspecified atom stereocenters. The van der Waals surface area contributed by atoms with Gasteiger partial charge in [0.15, 0.2) is 6.04 Å². The van der Waals surface area contributed by atoms with E-state index >= 15 is 0 Å². The first kappa shape index (κ1) is 14.7. The molecule has 1 aliphatic carbocycles. The van der Waals surface area contributed by atoms with E-state index in [1.54, 1.807) is 0 Å². The normalized spacial score (nSPS) is 27.1. The maximum atomic E-state index is 11.6. The molecule has 1 fully saturated rings. The standard InChI is InChI=1S/C11H20N2O5/c1-6(14)9(10(16)17)13-11(18)12-7-4-2-3-5-8(7)15/h6-9,14-15H,2-5H2,1H3,(H,16,17)(H2,12,13,18). The van der Waals surface area contributed by atoms with E-state index in [4.69, 9.17) is 5.11 Å². The number of carboxylic acids is 1. The number of aliphatic hydroxyl groups excluding tert-OH is 2. The van der Waals surface area contributed by atoms with Crippen molar-refractivity contribution >= 4 is 12.0 Å². The summed E-state index contributed by atoms with van der Waals surface area (Å²) in [5.41, 5.74) is 0. The molecule has 7 nitrogen and oxygen atoms in total. The molecule has 7 heteroatoms. The highest BCUT2D eigenvalue weighted by Gasteiger charge is 2.28. The highest BCUT2D eigenvalue weighted by molar-refractivity contribution is 5.83. The van der Waals surface area contributed by atoms with Gasteiger partial charge in [0, 0.05) is 0 Å². The van der Waals surface area contributed by atoms with Crippen LogP contribution < -0.4 is 10.6 Å². The number of amides is 2. The molecule has 4 atom stereocenters. The van der Waals surface area contributed by atoms with Gasteiger partial charge in [0.1, 0.15) is 0 Å². The first-order valence-electron chi connectivity index (χ1n) is 6.07. The first-order chi connectivity index (χ1) is 8.41. The first-order valence-corrected chi connectivity index (χ1v) is 6.07. The summed E-state index contributed by atoms with van der Waals surface area (Å²) < 4.78 is 0. The fourth-order valence-corrected chi connectivity index (χ4v) is 2.02. The number of carboxylic acid groups (broad SMARTS) is 1. The van der Waals surface area contributed by atoms with Crippen molar-refractivity contribution < 1.29 is 24.9 Å². The average Bonchev–Trinajstić information content (AvgIpc) is 2.28. The largest absolute Gasteiger partial charge is 0.480 e. The molecule has 0 aliphatic heterocycles. The molecule has 0 spiro atoms. The summed E-state index contributed by atoms with van der Waals surface area (Å²) >= 11 is 0. The minimum Gasteiger partial charge on any atom is -0.480 e. The molecule has 0 radical (unpaired) electrons. The lowest BCUT2D eigenvalue weighted by Gasteiger charge is -2.29. The van der Waals surface area contributed by atoms with E-state index in [9.17, 15) is 19.8 Å². The summed E-state index contributed by atoms with van der Waals surface area (Å²) in [4.78, 5) is 22.3. The van der Waals surface area contributed by atoms with Crippen LogP contribution in [0.5, 0.6) is 0 Å². The number of carbonyl (C=O) groups is 2. The van der Waals surface area contributed by atoms with Crippen molar-refractivity contribution in [3.05, 3.63) is 0 Å². The van der Waals surface area contributed by atoms with Gasteiger partial charge in [-0.25, -0.2) is 9.59 Å². The van der Waals surface area contributed by atoms with Crippen molar-refractivity contribution in [1.82, 2.24) is 10.6 Å². The van der Waals surface area contributed by atoms with E-state index in [0.29, 0.717) is 12.8 Å². The molecule has 0 saturated heterocycles. The SMILES string of the molecule is CC(O)C(NC(=O)NC1CCCCC1O)C(=O)O. The van der Waals surface area contributed by atoms with Crippen LogP contribution in [0, 0.1) is 0 Å². The topological polar surface area (TPSA) is 119 Å². The molecule has 1 rings (SSSR count). The van der Waals surface area contributed by atoms with E-state index in [2.05, 4.69) is 10.6 Å². The lowest BCUT2D eigenvalue weighted by Crippen LogP contribution is -2.55. The van der Waals surface area contributed by atoms with E-state index in [1.165, 1.54) is 6.92 Å². The maximum Gasteiger partial charge on any atom is 0.328 e. The maximum absolute atomic E-state index is 11.6. The Kier molecular flexibility index (Phi) is 5.36. The third-order valence-electron chi connectivity index (χ3n) is 3.08. The molecule has 0 aromatic heterocycles. The smallest absolute Gasteiger partial charge is 0.328 e. The molecule has 5 N–H and O–H groups in total. The van der Waals surface area contributed by atoms with Crippen LogP contribution in [0.3, 0.4) is 0 Å². The molecule has 2 amide bonds. The molecule has 0 bridgehead atoms. The van der Waals surface area contributed by atoms with Gasteiger partial charge in [-0.15, -0.1) is 0 Å². The van der Waals surface area contributed by atoms with Crippen molar-refractivity contribution in [2.45, 2.75) is 56.9 Å². The minimum absolute atomic E-state index is 0.359. The van der Waals surface area contributed by atoms with Crippen molar-refractivity contribution in [2.24, 2.45) is 0 Å². The van der Waals surface area contributed by atoms with Crippen LogP contribution in [0.1, 0.15) is 32.6 Å². The Morgan fingerprint density at radius 3 is 2.39 bits per heavy atom. The van der Waals surface area contributed by atoms with Gasteiger partial charge in [0.25, 0.3) is 0 Å². The molecule has 0 aromatic carbocycles. The van der Waals surface area contributed by atoms with Gasteiger partial charge in [0.2, 0.25) is 0 Å². The molecule has 0 aromatic rings. The van der Waals surface area contributed by atoms with Gasteiger partial charge in [-0.1, -0.05) is 12.8 Å². The summed E-state index contributed by atoms with van der Waals surface area (Å²) in [6, 6.07) is -2.40. The van der Waals surface area contributed by atoms with Crippen LogP contribution in [0.25, 0.3) is 0 Å². The Balaban J connectivity index is 2.47. The van der Waals surface area contributed by atoms with E-state index in [1.807, 2.05) is 0 Å². The van der Waals surface area contributed by atoms with Gasteiger partial charge in [-0.05, 0) is 19.8 Å². The monoisotopic (exact) mass is 260 g/mol. The molecule has 1 saturated carbocycles. The number of nitrogens with one attached hydrogen (secondary N) is 2. The second-order valence-corrected chi connectivity index (χ2v) is 4.63. The second-order valence-electron chi connectivity index (χ2n) is 4.63. The van der Waals surface area contributed by atoms with Gasteiger partial charge in [0.05, 0.1) is 18.2 Å². The third kappa shape index (κ3) is 4.15. The summed E-state index contributed by atoms with van der Waals surface area (Å²) in [6.07, 6.45) is 1.35. The molecule has 104 valence electrons. The molecular weight excluding hydrogens is 240 g/mol. The van der Waals surface area contributed by atoms with Gasteiger partial charge in [-0.2, -0.15) is 0 Å². The van der Waals surface area contributed by atoms with E-state index in [0.717, 1.165) is 12.8 Å². The van der Waals surface area contributed by atoms with Crippen molar-refractivity contribution in [1.29, 1.82) is 0 Å². The number of aliphatic hydroxyl groups is 2. The van der Waals surface area contributed by atoms with Crippen LogP contribution >= 0.6 is 0 Å².